The molecule has 0 amide bonds. The Morgan fingerprint density at radius 1 is 0.960 bits per heavy atom. The van der Waals surface area contributed by atoms with E-state index < -0.39 is 11.7 Å². The third kappa shape index (κ3) is 3.68. The highest BCUT2D eigenvalue weighted by Crippen LogP contribution is 2.33. The van der Waals surface area contributed by atoms with Gasteiger partial charge in [-0.25, -0.2) is 0 Å². The van der Waals surface area contributed by atoms with Gasteiger partial charge in [0, 0.05) is 11.9 Å². The lowest BCUT2D eigenvalue weighted by Crippen LogP contribution is -2.02. The quantitative estimate of drug-likeness (QED) is 0.519. The molecular formula is C21H20F3N. The molecule has 0 unspecified atom stereocenters. The minimum atomic E-state index is -4.35. The Morgan fingerprint density at radius 2 is 1.68 bits per heavy atom. The first-order valence-corrected chi connectivity index (χ1v) is 8.01. The van der Waals surface area contributed by atoms with Crippen molar-refractivity contribution in [2.75, 3.05) is 0 Å². The summed E-state index contributed by atoms with van der Waals surface area (Å²) in [4.78, 5) is 2.69. The van der Waals surface area contributed by atoms with Gasteiger partial charge in [0.05, 0.1) is 5.56 Å². The third-order valence-electron chi connectivity index (χ3n) is 3.84. The van der Waals surface area contributed by atoms with Crippen LogP contribution >= 0.6 is 0 Å². The van der Waals surface area contributed by atoms with E-state index in [1.54, 1.807) is 18.2 Å². The molecule has 130 valence electrons. The number of rotatable bonds is 3. The molecule has 0 radical (unpaired) electrons. The largest absolute Gasteiger partial charge is 0.417 e. The van der Waals surface area contributed by atoms with Gasteiger partial charge in [-0.3, -0.25) is 0 Å². The normalized spacial score (nSPS) is 10.9. The number of hydrogen-bond acceptors (Lipinski definition) is 0. The number of halogens is 3. The van der Waals surface area contributed by atoms with Crippen LogP contribution in [-0.2, 0) is 6.18 Å². The predicted molar refractivity (Wildman–Crippen MR) is 100 cm³/mol. The molecule has 3 aromatic rings. The van der Waals surface area contributed by atoms with Crippen LogP contribution in [0.5, 0.6) is 0 Å². The van der Waals surface area contributed by atoms with Crippen molar-refractivity contribution in [2.45, 2.75) is 20.0 Å². The zero-order chi connectivity index (χ0) is 18.6. The Morgan fingerprint density at radius 3 is 2.24 bits per heavy atom. The summed E-state index contributed by atoms with van der Waals surface area (Å²) in [6.07, 6.45) is 0.149. The van der Waals surface area contributed by atoms with E-state index in [0.29, 0.717) is 11.3 Å². The maximum atomic E-state index is 12.7. The summed E-state index contributed by atoms with van der Waals surface area (Å²) >= 11 is 0. The highest BCUT2D eigenvalue weighted by Gasteiger charge is 2.31. The number of hydrogen-bond donors (Lipinski definition) is 1. The maximum Gasteiger partial charge on any atom is 0.417 e. The second-order valence-electron chi connectivity index (χ2n) is 5.21. The van der Waals surface area contributed by atoms with Crippen molar-refractivity contribution in [1.29, 1.82) is 0 Å². The standard InChI is InChI=1S/C19H14F3N.C2H6/c1-3-12-5-6-13-9-14(7-8-17(13)16(12)4-2)18-10-15(11-23-18)19(20,21)22;1-2/h3-11,23H,1-2H2;1-2H3. The van der Waals surface area contributed by atoms with Crippen molar-refractivity contribution < 1.29 is 13.2 Å². The molecule has 25 heavy (non-hydrogen) atoms. The molecule has 0 spiro atoms. The Balaban J connectivity index is 0.00000109. The molecule has 0 aliphatic carbocycles. The maximum absolute atomic E-state index is 12.7. The summed E-state index contributed by atoms with van der Waals surface area (Å²) in [7, 11) is 0. The van der Waals surface area contributed by atoms with Crippen LogP contribution in [0.3, 0.4) is 0 Å². The van der Waals surface area contributed by atoms with Gasteiger partial charge in [-0.1, -0.05) is 63.4 Å². The van der Waals surface area contributed by atoms with Crippen molar-refractivity contribution >= 4 is 22.9 Å². The van der Waals surface area contributed by atoms with Gasteiger partial charge >= 0.3 is 6.18 Å². The fourth-order valence-corrected chi connectivity index (χ4v) is 2.67. The van der Waals surface area contributed by atoms with E-state index in [1.165, 1.54) is 0 Å². The molecule has 1 N–H and O–H groups in total. The molecule has 3 rings (SSSR count). The van der Waals surface area contributed by atoms with Crippen molar-refractivity contribution in [3.05, 3.63) is 72.4 Å². The topological polar surface area (TPSA) is 15.8 Å². The molecule has 0 saturated heterocycles. The number of H-pyrrole nitrogens is 1. The van der Waals surface area contributed by atoms with Crippen molar-refractivity contribution in [1.82, 2.24) is 4.98 Å². The zero-order valence-electron chi connectivity index (χ0n) is 14.2. The molecule has 0 fully saturated rings. The SMILES string of the molecule is C=Cc1ccc2cc(-c3cc(C(F)(F)F)c[nH]3)ccc2c1C=C.CC. The van der Waals surface area contributed by atoms with Crippen molar-refractivity contribution in [3.8, 4) is 11.3 Å². The average molecular weight is 343 g/mol. The molecule has 0 atom stereocenters. The summed E-state index contributed by atoms with van der Waals surface area (Å²) in [5.41, 5.74) is 2.40. The van der Waals surface area contributed by atoms with Gasteiger partial charge in [0.25, 0.3) is 0 Å². The minimum absolute atomic E-state index is 0.437. The third-order valence-corrected chi connectivity index (χ3v) is 3.84. The Hall–Kier alpha value is -2.75. The lowest BCUT2D eigenvalue weighted by atomic mass is 9.96. The van der Waals surface area contributed by atoms with Crippen molar-refractivity contribution in [2.24, 2.45) is 0 Å². The molecular weight excluding hydrogens is 323 g/mol. The lowest BCUT2D eigenvalue weighted by molar-refractivity contribution is -0.137. The second-order valence-corrected chi connectivity index (χ2v) is 5.21. The Kier molecular flexibility index (Phi) is 5.52. The highest BCUT2D eigenvalue weighted by atomic mass is 19.4. The monoisotopic (exact) mass is 343 g/mol. The number of aromatic nitrogens is 1. The fraction of sp³-hybridized carbons (Fsp3) is 0.143. The molecule has 0 aliphatic heterocycles. The van der Waals surface area contributed by atoms with Gasteiger partial charge in [0.1, 0.15) is 0 Å². The summed E-state index contributed by atoms with van der Waals surface area (Å²) in [6.45, 7) is 11.6. The van der Waals surface area contributed by atoms with E-state index >= 15 is 0 Å². The second kappa shape index (κ2) is 7.43. The van der Waals surface area contributed by atoms with E-state index in [1.807, 2.05) is 38.1 Å². The molecule has 1 heterocycles. The molecule has 0 aliphatic rings. The molecule has 4 heteroatoms. The highest BCUT2D eigenvalue weighted by molar-refractivity contribution is 5.96. The van der Waals surface area contributed by atoms with E-state index in [9.17, 15) is 13.2 Å². The zero-order valence-corrected chi connectivity index (χ0v) is 14.2. The first-order valence-electron chi connectivity index (χ1n) is 8.01. The van der Waals surface area contributed by atoms with Crippen LogP contribution in [-0.4, -0.2) is 4.98 Å². The predicted octanol–water partition coefficient (Wildman–Crippen LogP) is 7.17. The van der Waals surface area contributed by atoms with Gasteiger partial charge in [0.15, 0.2) is 0 Å². The van der Waals surface area contributed by atoms with Crippen LogP contribution in [0, 0.1) is 0 Å². The number of aromatic amines is 1. The molecule has 1 aromatic heterocycles. The van der Waals surface area contributed by atoms with Crippen molar-refractivity contribution in [3.63, 3.8) is 0 Å². The summed E-state index contributed by atoms with van der Waals surface area (Å²) in [5.74, 6) is 0. The molecule has 0 bridgehead atoms. The summed E-state index contributed by atoms with van der Waals surface area (Å²) in [6, 6.07) is 10.5. The summed E-state index contributed by atoms with van der Waals surface area (Å²) < 4.78 is 38.1. The van der Waals surface area contributed by atoms with E-state index in [-0.39, 0.29) is 0 Å². The lowest BCUT2D eigenvalue weighted by Gasteiger charge is -2.08. The first kappa shape index (κ1) is 18.6. The van der Waals surface area contributed by atoms with E-state index in [4.69, 9.17) is 0 Å². The smallest absolute Gasteiger partial charge is 0.361 e. The van der Waals surface area contributed by atoms with Crippen LogP contribution in [0.15, 0.2) is 55.8 Å². The van der Waals surface area contributed by atoms with Gasteiger partial charge in [-0.05, 0) is 39.6 Å². The summed E-state index contributed by atoms with van der Waals surface area (Å²) in [5, 5.41) is 1.93. The van der Waals surface area contributed by atoms with Gasteiger partial charge in [-0.2, -0.15) is 13.2 Å². The number of fused-ring (bicyclic) bond motifs is 1. The Labute approximate surface area is 145 Å². The minimum Gasteiger partial charge on any atom is -0.361 e. The number of alkyl halides is 3. The van der Waals surface area contributed by atoms with Crippen LogP contribution in [0.2, 0.25) is 0 Å². The number of nitrogens with one attached hydrogen (secondary N) is 1. The van der Waals surface area contributed by atoms with Gasteiger partial charge < -0.3 is 4.98 Å². The van der Waals surface area contributed by atoms with Gasteiger partial charge in [-0.15, -0.1) is 0 Å². The van der Waals surface area contributed by atoms with E-state index in [2.05, 4.69) is 18.1 Å². The van der Waals surface area contributed by atoms with Crippen LogP contribution < -0.4 is 0 Å². The number of benzene rings is 2. The molecule has 1 nitrogen and oxygen atoms in total. The molecule has 0 saturated carbocycles. The fourth-order valence-electron chi connectivity index (χ4n) is 2.67. The van der Waals surface area contributed by atoms with E-state index in [0.717, 1.165) is 34.2 Å². The van der Waals surface area contributed by atoms with Crippen LogP contribution in [0.4, 0.5) is 13.2 Å². The average Bonchev–Trinajstić information content (AvgIpc) is 3.12. The van der Waals surface area contributed by atoms with Gasteiger partial charge in [0.2, 0.25) is 0 Å². The first-order chi connectivity index (χ1) is 11.9. The molecule has 2 aromatic carbocycles. The van der Waals surface area contributed by atoms with Crippen LogP contribution in [0.25, 0.3) is 34.2 Å². The van der Waals surface area contributed by atoms with Crippen LogP contribution in [0.1, 0.15) is 30.5 Å². The Bertz CT molecular complexity index is 901.